The maximum atomic E-state index is 6.20. The number of rotatable bonds is 4. The number of hydrogen-bond donors (Lipinski definition) is 1. The minimum atomic E-state index is -0.0237. The molecule has 2 atom stereocenters. The summed E-state index contributed by atoms with van der Waals surface area (Å²) in [4.78, 5) is 2.64. The van der Waals surface area contributed by atoms with Crippen LogP contribution < -0.4 is 5.32 Å². The fourth-order valence-corrected chi connectivity index (χ4v) is 4.36. The maximum absolute atomic E-state index is 6.20. The summed E-state index contributed by atoms with van der Waals surface area (Å²) in [5, 5.41) is 3.71. The highest BCUT2D eigenvalue weighted by molar-refractivity contribution is 4.91. The molecule has 1 saturated heterocycles. The molecule has 3 heteroatoms. The lowest BCUT2D eigenvalue weighted by atomic mass is 9.83. The van der Waals surface area contributed by atoms with Crippen molar-refractivity contribution in [1.82, 2.24) is 10.2 Å². The average Bonchev–Trinajstić information content (AvgIpc) is 2.27. The van der Waals surface area contributed by atoms with Crippen LogP contribution in [0.1, 0.15) is 60.3 Å². The van der Waals surface area contributed by atoms with Gasteiger partial charge in [0.2, 0.25) is 0 Å². The van der Waals surface area contributed by atoms with Crippen molar-refractivity contribution in [3.8, 4) is 0 Å². The first-order valence-corrected chi connectivity index (χ1v) is 8.47. The third-order valence-corrected chi connectivity index (χ3v) is 4.63. The summed E-state index contributed by atoms with van der Waals surface area (Å²) in [5.41, 5.74) is -0.0474. The molecular formula is C17H34N2O. The fourth-order valence-electron chi connectivity index (χ4n) is 4.36. The predicted molar refractivity (Wildman–Crippen MR) is 85.1 cm³/mol. The lowest BCUT2D eigenvalue weighted by molar-refractivity contribution is -0.182. The molecule has 0 amide bonds. The van der Waals surface area contributed by atoms with Crippen LogP contribution in [0.15, 0.2) is 0 Å². The molecule has 0 bridgehead atoms. The zero-order valence-electron chi connectivity index (χ0n) is 14.2. The molecular weight excluding hydrogens is 248 g/mol. The van der Waals surface area contributed by atoms with Gasteiger partial charge in [-0.05, 0) is 53.0 Å². The molecule has 0 aromatic heterocycles. The number of hydrogen-bond acceptors (Lipinski definition) is 3. The Labute approximate surface area is 125 Å². The fraction of sp³-hybridized carbons (Fsp3) is 1.00. The van der Waals surface area contributed by atoms with E-state index in [1.54, 1.807) is 0 Å². The van der Waals surface area contributed by atoms with Crippen molar-refractivity contribution in [2.24, 2.45) is 5.92 Å². The zero-order chi connectivity index (χ0) is 14.8. The van der Waals surface area contributed by atoms with Crippen LogP contribution >= 0.6 is 0 Å². The van der Waals surface area contributed by atoms with E-state index in [2.05, 4.69) is 44.8 Å². The Kier molecular flexibility index (Phi) is 5.14. The first-order chi connectivity index (χ1) is 9.31. The van der Waals surface area contributed by atoms with Crippen molar-refractivity contribution in [1.29, 1.82) is 0 Å². The summed E-state index contributed by atoms with van der Waals surface area (Å²) in [5.74, 6) is 0.813. The molecule has 2 unspecified atom stereocenters. The van der Waals surface area contributed by atoms with Gasteiger partial charge in [-0.3, -0.25) is 4.90 Å². The molecule has 1 saturated carbocycles. The normalized spacial score (nSPS) is 34.0. The van der Waals surface area contributed by atoms with Crippen LogP contribution in [-0.2, 0) is 4.74 Å². The van der Waals surface area contributed by atoms with E-state index in [4.69, 9.17) is 4.74 Å². The molecule has 1 aliphatic heterocycles. The van der Waals surface area contributed by atoms with Crippen molar-refractivity contribution in [3.05, 3.63) is 0 Å². The van der Waals surface area contributed by atoms with Gasteiger partial charge in [0.1, 0.15) is 0 Å². The van der Waals surface area contributed by atoms with Gasteiger partial charge in [0.25, 0.3) is 0 Å². The molecule has 0 aromatic carbocycles. The van der Waals surface area contributed by atoms with E-state index in [0.717, 1.165) is 31.6 Å². The Hall–Kier alpha value is -0.120. The highest BCUT2D eigenvalue weighted by Gasteiger charge is 2.39. The van der Waals surface area contributed by atoms with E-state index in [-0.39, 0.29) is 11.2 Å². The van der Waals surface area contributed by atoms with Crippen molar-refractivity contribution in [2.75, 3.05) is 26.2 Å². The van der Waals surface area contributed by atoms with Gasteiger partial charge in [-0.15, -0.1) is 0 Å². The molecule has 0 aromatic rings. The Morgan fingerprint density at radius 1 is 1.05 bits per heavy atom. The second-order valence-electron chi connectivity index (χ2n) is 8.00. The van der Waals surface area contributed by atoms with E-state index in [1.807, 2.05) is 0 Å². The van der Waals surface area contributed by atoms with Crippen LogP contribution in [0.2, 0.25) is 0 Å². The van der Waals surface area contributed by atoms with Gasteiger partial charge >= 0.3 is 0 Å². The monoisotopic (exact) mass is 282 g/mol. The quantitative estimate of drug-likeness (QED) is 0.858. The van der Waals surface area contributed by atoms with Crippen LogP contribution in [-0.4, -0.2) is 48.3 Å². The topological polar surface area (TPSA) is 24.5 Å². The third kappa shape index (κ3) is 4.44. The highest BCUT2D eigenvalue weighted by atomic mass is 16.5. The van der Waals surface area contributed by atoms with Gasteiger partial charge in [0.05, 0.1) is 11.2 Å². The summed E-state index contributed by atoms with van der Waals surface area (Å²) in [6, 6.07) is 0.725. The van der Waals surface area contributed by atoms with Gasteiger partial charge in [-0.25, -0.2) is 0 Å². The van der Waals surface area contributed by atoms with Crippen molar-refractivity contribution in [3.63, 3.8) is 0 Å². The van der Waals surface area contributed by atoms with Crippen LogP contribution in [0, 0.1) is 5.92 Å². The van der Waals surface area contributed by atoms with Crippen molar-refractivity contribution < 1.29 is 4.74 Å². The Morgan fingerprint density at radius 3 is 2.25 bits per heavy atom. The molecule has 118 valence electrons. The molecule has 1 aliphatic carbocycles. The SMILES string of the molecule is CCNC1CCCCC1CN1CC(C)(C)OC(C)(C)C1. The number of morpholine rings is 1. The van der Waals surface area contributed by atoms with E-state index in [1.165, 1.54) is 32.2 Å². The lowest BCUT2D eigenvalue weighted by Crippen LogP contribution is -2.59. The second-order valence-corrected chi connectivity index (χ2v) is 8.00. The molecule has 20 heavy (non-hydrogen) atoms. The minimum absolute atomic E-state index is 0.0237. The zero-order valence-corrected chi connectivity index (χ0v) is 14.2. The van der Waals surface area contributed by atoms with Gasteiger partial charge in [-0.2, -0.15) is 0 Å². The smallest absolute Gasteiger partial charge is 0.0760 e. The molecule has 0 radical (unpaired) electrons. The third-order valence-electron chi connectivity index (χ3n) is 4.63. The average molecular weight is 282 g/mol. The largest absolute Gasteiger partial charge is 0.367 e. The molecule has 0 spiro atoms. The summed E-state index contributed by atoms with van der Waals surface area (Å²) in [6.07, 6.45) is 5.55. The number of nitrogens with one attached hydrogen (secondary N) is 1. The molecule has 3 nitrogen and oxygen atoms in total. The van der Waals surface area contributed by atoms with Gasteiger partial charge < -0.3 is 10.1 Å². The molecule has 1 N–H and O–H groups in total. The summed E-state index contributed by atoms with van der Waals surface area (Å²) >= 11 is 0. The molecule has 2 aliphatic rings. The number of ether oxygens (including phenoxy) is 1. The summed E-state index contributed by atoms with van der Waals surface area (Å²) in [6.45, 7) is 15.6. The van der Waals surface area contributed by atoms with E-state index < -0.39 is 0 Å². The minimum Gasteiger partial charge on any atom is -0.367 e. The van der Waals surface area contributed by atoms with Crippen molar-refractivity contribution in [2.45, 2.75) is 77.5 Å². The molecule has 2 rings (SSSR count). The van der Waals surface area contributed by atoms with Crippen LogP contribution in [0.25, 0.3) is 0 Å². The van der Waals surface area contributed by atoms with Crippen molar-refractivity contribution >= 4 is 0 Å². The van der Waals surface area contributed by atoms with Crippen LogP contribution in [0.5, 0.6) is 0 Å². The highest BCUT2D eigenvalue weighted by Crippen LogP contribution is 2.31. The van der Waals surface area contributed by atoms with Gasteiger partial charge in [0, 0.05) is 25.7 Å². The van der Waals surface area contributed by atoms with Crippen LogP contribution in [0.4, 0.5) is 0 Å². The lowest BCUT2D eigenvalue weighted by Gasteiger charge is -2.49. The predicted octanol–water partition coefficient (Wildman–Crippen LogP) is 3.04. The summed E-state index contributed by atoms with van der Waals surface area (Å²) < 4.78 is 6.20. The second kappa shape index (κ2) is 6.33. The Morgan fingerprint density at radius 2 is 1.65 bits per heavy atom. The molecule has 1 heterocycles. The van der Waals surface area contributed by atoms with E-state index in [0.29, 0.717) is 0 Å². The Bertz CT molecular complexity index is 296. The molecule has 2 fully saturated rings. The van der Waals surface area contributed by atoms with Gasteiger partial charge in [0.15, 0.2) is 0 Å². The first-order valence-electron chi connectivity index (χ1n) is 8.47. The first kappa shape index (κ1) is 16.3. The number of nitrogens with zero attached hydrogens (tertiary/aromatic N) is 1. The Balaban J connectivity index is 1.96. The van der Waals surface area contributed by atoms with Gasteiger partial charge in [-0.1, -0.05) is 19.8 Å². The van der Waals surface area contributed by atoms with E-state index >= 15 is 0 Å². The van der Waals surface area contributed by atoms with Crippen LogP contribution in [0.3, 0.4) is 0 Å². The summed E-state index contributed by atoms with van der Waals surface area (Å²) in [7, 11) is 0. The maximum Gasteiger partial charge on any atom is 0.0760 e. The van der Waals surface area contributed by atoms with E-state index in [9.17, 15) is 0 Å². The standard InChI is InChI=1S/C17H34N2O/c1-6-18-15-10-8-7-9-14(15)11-19-12-16(2,3)20-17(4,5)13-19/h14-15,18H,6-13H2,1-5H3.